The summed E-state index contributed by atoms with van der Waals surface area (Å²) in [5.41, 5.74) is 1.26. The fraction of sp³-hybridized carbons (Fsp3) is 0.579. The fourth-order valence-corrected chi connectivity index (χ4v) is 4.07. The summed E-state index contributed by atoms with van der Waals surface area (Å²) < 4.78 is 0. The molecule has 1 aromatic rings. The van der Waals surface area contributed by atoms with Crippen LogP contribution in [-0.2, 0) is 4.79 Å². The molecule has 23 heavy (non-hydrogen) atoms. The van der Waals surface area contributed by atoms with E-state index >= 15 is 0 Å². The molecule has 1 aliphatic carbocycles. The molecule has 0 radical (unpaired) electrons. The Labute approximate surface area is 139 Å². The molecule has 1 fully saturated rings. The molecule has 2 heterocycles. The van der Waals surface area contributed by atoms with Crippen LogP contribution in [-0.4, -0.2) is 47.9 Å². The molecule has 2 aliphatic rings. The molecular formula is C19H27N3O. The van der Waals surface area contributed by atoms with Crippen molar-refractivity contribution in [2.75, 3.05) is 27.2 Å². The quantitative estimate of drug-likeness (QED) is 0.802. The summed E-state index contributed by atoms with van der Waals surface area (Å²) in [6.45, 7) is 1.92. The Hall–Kier alpha value is -1.68. The lowest BCUT2D eigenvalue weighted by Gasteiger charge is -2.30. The van der Waals surface area contributed by atoms with Crippen LogP contribution in [0.15, 0.2) is 36.7 Å². The maximum atomic E-state index is 12.7. The minimum absolute atomic E-state index is 0.181. The number of amides is 1. The van der Waals surface area contributed by atoms with Gasteiger partial charge in [0.2, 0.25) is 5.91 Å². The highest BCUT2D eigenvalue weighted by Gasteiger charge is 2.35. The van der Waals surface area contributed by atoms with E-state index < -0.39 is 0 Å². The topological polar surface area (TPSA) is 36.4 Å². The number of hydrogen-bond donors (Lipinski definition) is 0. The largest absolute Gasteiger partial charge is 0.345 e. The average Bonchev–Trinajstić information content (AvgIpc) is 2.96. The number of likely N-dealkylation sites (tertiary alicyclic amines) is 1. The molecular weight excluding hydrogens is 286 g/mol. The zero-order valence-corrected chi connectivity index (χ0v) is 14.2. The van der Waals surface area contributed by atoms with Gasteiger partial charge >= 0.3 is 0 Å². The maximum absolute atomic E-state index is 12.7. The van der Waals surface area contributed by atoms with Gasteiger partial charge in [-0.25, -0.2) is 0 Å². The Bertz CT molecular complexity index is 557. The van der Waals surface area contributed by atoms with Crippen molar-refractivity contribution < 1.29 is 4.79 Å². The summed E-state index contributed by atoms with van der Waals surface area (Å²) in [7, 11) is 4.14. The van der Waals surface area contributed by atoms with Gasteiger partial charge in [-0.15, -0.1) is 0 Å². The predicted octanol–water partition coefficient (Wildman–Crippen LogP) is 2.89. The number of nitrogens with zero attached hydrogens (tertiary/aromatic N) is 3. The minimum Gasteiger partial charge on any atom is -0.345 e. The predicted molar refractivity (Wildman–Crippen MR) is 91.8 cm³/mol. The Morgan fingerprint density at radius 2 is 2.26 bits per heavy atom. The highest BCUT2D eigenvalue weighted by Crippen LogP contribution is 2.36. The van der Waals surface area contributed by atoms with Crippen molar-refractivity contribution in [3.05, 3.63) is 42.2 Å². The maximum Gasteiger partial charge on any atom is 0.225 e. The molecule has 0 N–H and O–H groups in total. The molecule has 3 rings (SSSR count). The Balaban J connectivity index is 1.66. The van der Waals surface area contributed by atoms with Crippen molar-refractivity contribution in [1.82, 2.24) is 14.8 Å². The molecule has 0 bridgehead atoms. The summed E-state index contributed by atoms with van der Waals surface area (Å²) in [6.07, 6.45) is 12.2. The number of aromatic nitrogens is 1. The molecule has 124 valence electrons. The van der Waals surface area contributed by atoms with Gasteiger partial charge in [0.15, 0.2) is 0 Å². The van der Waals surface area contributed by atoms with Gasteiger partial charge in [-0.2, -0.15) is 0 Å². The lowest BCUT2D eigenvalue weighted by molar-refractivity contribution is -0.135. The van der Waals surface area contributed by atoms with Crippen LogP contribution in [0.5, 0.6) is 0 Å². The van der Waals surface area contributed by atoms with E-state index in [1.807, 2.05) is 30.4 Å². The molecule has 1 unspecified atom stereocenters. The van der Waals surface area contributed by atoms with E-state index in [0.717, 1.165) is 38.8 Å². The summed E-state index contributed by atoms with van der Waals surface area (Å²) >= 11 is 0. The number of hydrogen-bond acceptors (Lipinski definition) is 3. The molecule has 0 spiro atoms. The summed E-state index contributed by atoms with van der Waals surface area (Å²) in [5, 5.41) is 0. The molecule has 4 heteroatoms. The molecule has 3 atom stereocenters. The van der Waals surface area contributed by atoms with Crippen LogP contribution < -0.4 is 0 Å². The van der Waals surface area contributed by atoms with E-state index in [1.165, 1.54) is 5.56 Å². The van der Waals surface area contributed by atoms with Crippen molar-refractivity contribution in [3.63, 3.8) is 0 Å². The van der Waals surface area contributed by atoms with Gasteiger partial charge in [-0.1, -0.05) is 18.2 Å². The second kappa shape index (κ2) is 7.26. The normalized spacial score (nSPS) is 28.0. The lowest BCUT2D eigenvalue weighted by Crippen LogP contribution is -2.38. The minimum atomic E-state index is 0.181. The number of rotatable bonds is 4. The summed E-state index contributed by atoms with van der Waals surface area (Å²) in [5.74, 6) is 0.979. The van der Waals surface area contributed by atoms with E-state index in [2.05, 4.69) is 35.1 Å². The van der Waals surface area contributed by atoms with Crippen molar-refractivity contribution in [1.29, 1.82) is 0 Å². The van der Waals surface area contributed by atoms with Crippen LogP contribution in [0.1, 0.15) is 37.3 Å². The first-order chi connectivity index (χ1) is 11.2. The lowest BCUT2D eigenvalue weighted by atomic mass is 9.91. The van der Waals surface area contributed by atoms with E-state index in [4.69, 9.17) is 0 Å². The first-order valence-corrected chi connectivity index (χ1v) is 8.67. The van der Waals surface area contributed by atoms with Crippen molar-refractivity contribution in [3.8, 4) is 0 Å². The SMILES string of the molecule is CN(C[C@@H]1CCN(C)[C@H]1c1cccnc1)C(=O)C1CC=CCC1. The second-order valence-corrected chi connectivity index (χ2v) is 6.96. The highest BCUT2D eigenvalue weighted by molar-refractivity contribution is 5.79. The summed E-state index contributed by atoms with van der Waals surface area (Å²) in [4.78, 5) is 21.3. The Morgan fingerprint density at radius 1 is 1.39 bits per heavy atom. The van der Waals surface area contributed by atoms with Gasteiger partial charge in [0.25, 0.3) is 0 Å². The van der Waals surface area contributed by atoms with Gasteiger partial charge in [-0.05, 0) is 56.8 Å². The number of allylic oxidation sites excluding steroid dienone is 2. The third-order valence-corrected chi connectivity index (χ3v) is 5.30. The van der Waals surface area contributed by atoms with Gasteiger partial charge < -0.3 is 4.90 Å². The molecule has 0 saturated carbocycles. The first-order valence-electron chi connectivity index (χ1n) is 8.67. The van der Waals surface area contributed by atoms with E-state index in [0.29, 0.717) is 17.9 Å². The van der Waals surface area contributed by atoms with E-state index in [-0.39, 0.29) is 5.92 Å². The third kappa shape index (κ3) is 3.63. The second-order valence-electron chi connectivity index (χ2n) is 6.96. The van der Waals surface area contributed by atoms with Crippen molar-refractivity contribution in [2.45, 2.75) is 31.7 Å². The van der Waals surface area contributed by atoms with Gasteiger partial charge in [0, 0.05) is 37.9 Å². The van der Waals surface area contributed by atoms with Crippen LogP contribution >= 0.6 is 0 Å². The van der Waals surface area contributed by atoms with Crippen LogP contribution in [0.4, 0.5) is 0 Å². The standard InChI is InChI=1S/C19H27N3O/c1-21-12-10-17(18(21)16-9-6-11-20-13-16)14-22(2)19(23)15-7-4-3-5-8-15/h3-4,6,9,11,13,15,17-18H,5,7-8,10,12,14H2,1-2H3/t15?,17-,18-/m0/s1. The van der Waals surface area contributed by atoms with E-state index in [1.54, 1.807) is 0 Å². The number of carbonyl (C=O) groups excluding carboxylic acids is 1. The van der Waals surface area contributed by atoms with Gasteiger partial charge in [0.1, 0.15) is 0 Å². The van der Waals surface area contributed by atoms with Gasteiger partial charge in [-0.3, -0.25) is 14.7 Å². The van der Waals surface area contributed by atoms with Crippen molar-refractivity contribution in [2.24, 2.45) is 11.8 Å². The first kappa shape index (κ1) is 16.2. The molecule has 0 aromatic carbocycles. The molecule has 1 aromatic heterocycles. The van der Waals surface area contributed by atoms with Crippen LogP contribution in [0.2, 0.25) is 0 Å². The van der Waals surface area contributed by atoms with Crippen LogP contribution in [0.25, 0.3) is 0 Å². The summed E-state index contributed by atoms with van der Waals surface area (Å²) in [6, 6.07) is 4.52. The average molecular weight is 313 g/mol. The monoisotopic (exact) mass is 313 g/mol. The Kier molecular flexibility index (Phi) is 5.11. The van der Waals surface area contributed by atoms with Gasteiger partial charge in [0.05, 0.1) is 0 Å². The Morgan fingerprint density at radius 3 is 2.96 bits per heavy atom. The van der Waals surface area contributed by atoms with Crippen molar-refractivity contribution >= 4 is 5.91 Å². The zero-order valence-electron chi connectivity index (χ0n) is 14.2. The fourth-order valence-electron chi connectivity index (χ4n) is 4.07. The molecule has 1 saturated heterocycles. The van der Waals surface area contributed by atoms with E-state index in [9.17, 15) is 4.79 Å². The molecule has 1 aliphatic heterocycles. The molecule has 4 nitrogen and oxygen atoms in total. The third-order valence-electron chi connectivity index (χ3n) is 5.30. The number of pyridine rings is 1. The molecule has 1 amide bonds. The van der Waals surface area contributed by atoms with Crippen LogP contribution in [0.3, 0.4) is 0 Å². The van der Waals surface area contributed by atoms with Crippen LogP contribution in [0, 0.1) is 11.8 Å². The highest BCUT2D eigenvalue weighted by atomic mass is 16.2. The number of carbonyl (C=O) groups is 1. The zero-order chi connectivity index (χ0) is 16.2. The smallest absolute Gasteiger partial charge is 0.225 e.